The zero-order chi connectivity index (χ0) is 17.0. The first-order valence-electron chi connectivity index (χ1n) is 7.53. The molecule has 132 valence electrons. The van der Waals surface area contributed by atoms with E-state index in [-0.39, 0.29) is 19.0 Å². The molecule has 2 amide bonds. The lowest BCUT2D eigenvalue weighted by Gasteiger charge is -2.27. The van der Waals surface area contributed by atoms with Gasteiger partial charge in [0.25, 0.3) is 0 Å². The molecule has 11 heteroatoms. The van der Waals surface area contributed by atoms with Gasteiger partial charge in [0, 0.05) is 12.6 Å². The van der Waals surface area contributed by atoms with Gasteiger partial charge in [-0.05, 0) is 38.8 Å². The summed E-state index contributed by atoms with van der Waals surface area (Å²) in [6, 6.07) is -2.96. The molecule has 23 heavy (non-hydrogen) atoms. The summed E-state index contributed by atoms with van der Waals surface area (Å²) in [4.78, 5) is 24.9. The van der Waals surface area contributed by atoms with E-state index in [0.29, 0.717) is 0 Å². The zero-order valence-corrected chi connectivity index (χ0v) is 13.4. The molecule has 10 nitrogen and oxygen atoms in total. The summed E-state index contributed by atoms with van der Waals surface area (Å²) >= 11 is 0. The molecule has 0 spiro atoms. The highest BCUT2D eigenvalue weighted by molar-refractivity contribution is 7.83. The van der Waals surface area contributed by atoms with Crippen LogP contribution in [0.3, 0.4) is 0 Å². The molecule has 0 bridgehead atoms. The van der Waals surface area contributed by atoms with Crippen LogP contribution in [0.1, 0.15) is 25.7 Å². The first-order valence-corrected chi connectivity index (χ1v) is 8.97. The van der Waals surface area contributed by atoms with E-state index in [9.17, 15) is 23.1 Å². The normalized spacial score (nSPS) is 29.1. The molecule has 2 rings (SSSR count). The van der Waals surface area contributed by atoms with Gasteiger partial charge in [0.15, 0.2) is 0 Å². The van der Waals surface area contributed by atoms with Gasteiger partial charge in [-0.15, -0.1) is 0 Å². The minimum Gasteiger partial charge on any atom is -0.480 e. The number of rotatable bonds is 4. The summed E-state index contributed by atoms with van der Waals surface area (Å²) in [5.41, 5.74) is 0. The summed E-state index contributed by atoms with van der Waals surface area (Å²) in [5, 5.41) is 15.3. The number of amides is 2. The van der Waals surface area contributed by atoms with Crippen LogP contribution in [0.25, 0.3) is 0 Å². The SMILES string of the molecule is O=C(O)[C@@H]1[C@H](NS(=O)(=O)O)CCN1C(=O)N[C@H]1CCCNCC1. The third-order valence-corrected chi connectivity index (χ3v) is 4.72. The Morgan fingerprint density at radius 2 is 1.91 bits per heavy atom. The van der Waals surface area contributed by atoms with Crippen molar-refractivity contribution in [3.05, 3.63) is 0 Å². The minimum absolute atomic E-state index is 0.0412. The Morgan fingerprint density at radius 3 is 2.57 bits per heavy atom. The van der Waals surface area contributed by atoms with Crippen molar-refractivity contribution in [1.82, 2.24) is 20.3 Å². The summed E-state index contributed by atoms with van der Waals surface area (Å²) in [6.45, 7) is 1.76. The Labute approximate surface area is 134 Å². The van der Waals surface area contributed by atoms with Crippen LogP contribution in [0.5, 0.6) is 0 Å². The number of carboxylic acids is 1. The molecule has 2 aliphatic rings. The first-order chi connectivity index (χ1) is 10.8. The van der Waals surface area contributed by atoms with Gasteiger partial charge < -0.3 is 20.6 Å². The zero-order valence-electron chi connectivity index (χ0n) is 12.6. The number of carbonyl (C=O) groups is 2. The molecule has 0 radical (unpaired) electrons. The molecule has 0 aromatic rings. The second-order valence-corrected chi connectivity index (χ2v) is 6.98. The van der Waals surface area contributed by atoms with Crippen molar-refractivity contribution in [3.8, 4) is 0 Å². The highest BCUT2D eigenvalue weighted by Crippen LogP contribution is 2.20. The monoisotopic (exact) mass is 350 g/mol. The van der Waals surface area contributed by atoms with Crippen molar-refractivity contribution in [3.63, 3.8) is 0 Å². The van der Waals surface area contributed by atoms with Crippen LogP contribution < -0.4 is 15.4 Å². The van der Waals surface area contributed by atoms with E-state index in [0.717, 1.165) is 37.3 Å². The number of carbonyl (C=O) groups excluding carboxylic acids is 1. The summed E-state index contributed by atoms with van der Waals surface area (Å²) in [6.07, 6.45) is 2.59. The molecule has 0 aromatic carbocycles. The van der Waals surface area contributed by atoms with E-state index in [2.05, 4.69) is 10.6 Å². The fourth-order valence-electron chi connectivity index (χ4n) is 3.06. The molecule has 0 saturated carbocycles. The standard InChI is InChI=1S/C12H22N4O6S/c17-11(18)10-9(15-23(20,21)22)4-7-16(10)12(19)14-8-2-1-5-13-6-3-8/h8-10,13,15H,1-7H2,(H,14,19)(H,17,18)(H,20,21,22)/t8-,9+,10-/m0/s1. The van der Waals surface area contributed by atoms with Crippen LogP contribution in [0, 0.1) is 0 Å². The van der Waals surface area contributed by atoms with Crippen molar-refractivity contribution in [2.75, 3.05) is 19.6 Å². The van der Waals surface area contributed by atoms with Gasteiger partial charge in [-0.2, -0.15) is 13.1 Å². The van der Waals surface area contributed by atoms with Gasteiger partial charge in [0.05, 0.1) is 6.04 Å². The van der Waals surface area contributed by atoms with E-state index in [1.54, 1.807) is 0 Å². The maximum Gasteiger partial charge on any atom is 0.333 e. The molecule has 5 N–H and O–H groups in total. The molecule has 3 atom stereocenters. The number of likely N-dealkylation sites (tertiary alicyclic amines) is 1. The van der Waals surface area contributed by atoms with Gasteiger partial charge in [-0.3, -0.25) is 4.55 Å². The fourth-order valence-corrected chi connectivity index (χ4v) is 3.69. The summed E-state index contributed by atoms with van der Waals surface area (Å²) < 4.78 is 32.5. The Balaban J connectivity index is 2.02. The summed E-state index contributed by atoms with van der Waals surface area (Å²) in [7, 11) is -4.54. The number of hydrogen-bond acceptors (Lipinski definition) is 5. The lowest BCUT2D eigenvalue weighted by Crippen LogP contribution is -2.54. The minimum atomic E-state index is -4.54. The highest BCUT2D eigenvalue weighted by atomic mass is 32.2. The molecule has 2 heterocycles. The predicted molar refractivity (Wildman–Crippen MR) is 80.3 cm³/mol. The van der Waals surface area contributed by atoms with E-state index < -0.39 is 34.4 Å². The molecule has 0 aliphatic carbocycles. The van der Waals surface area contributed by atoms with Crippen LogP contribution in [0.4, 0.5) is 4.79 Å². The van der Waals surface area contributed by atoms with E-state index >= 15 is 0 Å². The van der Waals surface area contributed by atoms with Gasteiger partial charge in [0.2, 0.25) is 0 Å². The quantitative estimate of drug-likeness (QED) is 0.398. The van der Waals surface area contributed by atoms with Crippen molar-refractivity contribution in [1.29, 1.82) is 0 Å². The molecule has 0 aromatic heterocycles. The van der Waals surface area contributed by atoms with Crippen molar-refractivity contribution >= 4 is 22.3 Å². The average Bonchev–Trinajstić information content (AvgIpc) is 2.66. The van der Waals surface area contributed by atoms with Crippen LogP contribution >= 0.6 is 0 Å². The van der Waals surface area contributed by atoms with E-state index in [1.807, 2.05) is 4.72 Å². The van der Waals surface area contributed by atoms with Gasteiger partial charge in [-0.1, -0.05) is 0 Å². The molecule has 2 aliphatic heterocycles. The maximum absolute atomic E-state index is 12.3. The Hall–Kier alpha value is -1.43. The largest absolute Gasteiger partial charge is 0.480 e. The Bertz CT molecular complexity index is 546. The number of carboxylic acid groups (broad SMARTS) is 1. The first kappa shape index (κ1) is 17.9. The smallest absolute Gasteiger partial charge is 0.333 e. The van der Waals surface area contributed by atoms with Gasteiger partial charge in [0.1, 0.15) is 6.04 Å². The highest BCUT2D eigenvalue weighted by Gasteiger charge is 2.43. The van der Waals surface area contributed by atoms with E-state index in [4.69, 9.17) is 4.55 Å². The molecule has 2 fully saturated rings. The molecule has 0 unspecified atom stereocenters. The second-order valence-electron chi connectivity index (χ2n) is 5.79. The Morgan fingerprint density at radius 1 is 1.17 bits per heavy atom. The summed E-state index contributed by atoms with van der Waals surface area (Å²) in [5.74, 6) is -1.32. The fraction of sp³-hybridized carbons (Fsp3) is 0.833. The van der Waals surface area contributed by atoms with Crippen LogP contribution in [-0.2, 0) is 15.1 Å². The Kier molecular flexibility index (Phi) is 5.79. The lowest BCUT2D eigenvalue weighted by molar-refractivity contribution is -0.141. The van der Waals surface area contributed by atoms with Crippen molar-refractivity contribution in [2.24, 2.45) is 0 Å². The molecule has 2 saturated heterocycles. The van der Waals surface area contributed by atoms with Gasteiger partial charge >= 0.3 is 22.3 Å². The third-order valence-electron chi connectivity index (χ3n) is 4.12. The number of nitrogens with zero attached hydrogens (tertiary/aromatic N) is 1. The van der Waals surface area contributed by atoms with Crippen LogP contribution in [0.15, 0.2) is 0 Å². The maximum atomic E-state index is 12.3. The van der Waals surface area contributed by atoms with Crippen LogP contribution in [0.2, 0.25) is 0 Å². The number of hydrogen-bond donors (Lipinski definition) is 5. The molecular weight excluding hydrogens is 328 g/mol. The number of aliphatic carboxylic acids is 1. The van der Waals surface area contributed by atoms with Crippen LogP contribution in [-0.4, -0.2) is 72.7 Å². The molecular formula is C12H22N4O6S. The van der Waals surface area contributed by atoms with Gasteiger partial charge in [-0.25, -0.2) is 9.59 Å². The topological polar surface area (TPSA) is 148 Å². The number of urea groups is 1. The second kappa shape index (κ2) is 7.43. The number of nitrogens with one attached hydrogen (secondary N) is 3. The van der Waals surface area contributed by atoms with Crippen molar-refractivity contribution < 1.29 is 27.7 Å². The predicted octanol–water partition coefficient (Wildman–Crippen LogP) is -1.24. The lowest BCUT2D eigenvalue weighted by atomic mass is 10.1. The van der Waals surface area contributed by atoms with E-state index in [1.165, 1.54) is 0 Å². The third kappa shape index (κ3) is 5.03. The average molecular weight is 350 g/mol. The van der Waals surface area contributed by atoms with Crippen molar-refractivity contribution in [2.45, 2.75) is 43.8 Å².